The molecule has 2 aromatic carbocycles. The second-order valence-corrected chi connectivity index (χ2v) is 4.63. The highest BCUT2D eigenvalue weighted by molar-refractivity contribution is 6.30. The van der Waals surface area contributed by atoms with E-state index in [-0.39, 0.29) is 0 Å². The number of rotatable bonds is 3. The van der Waals surface area contributed by atoms with E-state index in [1.54, 1.807) is 12.1 Å². The van der Waals surface area contributed by atoms with Gasteiger partial charge in [0.1, 0.15) is 0 Å². The molecule has 0 atom stereocenters. The van der Waals surface area contributed by atoms with Gasteiger partial charge in [0.25, 0.3) is 0 Å². The van der Waals surface area contributed by atoms with Gasteiger partial charge in [-0.05, 0) is 36.2 Å². The lowest BCUT2D eigenvalue weighted by Gasteiger charge is -2.06. The van der Waals surface area contributed by atoms with Gasteiger partial charge in [0.2, 0.25) is 0 Å². The maximum Gasteiger partial charge on any atom is 0.339 e. The number of nitrogens with zero attached hydrogens (tertiary/aromatic N) is 1. The van der Waals surface area contributed by atoms with Crippen LogP contribution in [0.15, 0.2) is 53.6 Å². The fourth-order valence-electron chi connectivity index (χ4n) is 1.62. The number of para-hydroxylation sites is 1. The Kier molecular flexibility index (Phi) is 4.74. The molecule has 5 heteroatoms. The summed E-state index contributed by atoms with van der Waals surface area (Å²) < 4.78 is 0. The van der Waals surface area contributed by atoms with E-state index in [9.17, 15) is 4.79 Å². The molecule has 0 spiro atoms. The summed E-state index contributed by atoms with van der Waals surface area (Å²) in [4.78, 5) is 11.7. The maximum absolute atomic E-state index is 11.7. The molecule has 20 heavy (non-hydrogen) atoms. The predicted molar refractivity (Wildman–Crippen MR) is 82.4 cm³/mol. The zero-order valence-electron chi connectivity index (χ0n) is 10.9. The van der Waals surface area contributed by atoms with E-state index in [4.69, 9.17) is 11.6 Å². The van der Waals surface area contributed by atoms with E-state index in [1.165, 1.54) is 6.21 Å². The van der Waals surface area contributed by atoms with E-state index >= 15 is 0 Å². The van der Waals surface area contributed by atoms with Gasteiger partial charge in [-0.2, -0.15) is 5.10 Å². The minimum absolute atomic E-state index is 0.391. The highest BCUT2D eigenvalue weighted by atomic mass is 35.5. The van der Waals surface area contributed by atoms with Gasteiger partial charge >= 0.3 is 6.03 Å². The summed E-state index contributed by atoms with van der Waals surface area (Å²) in [5.41, 5.74) is 4.96. The fourth-order valence-corrected chi connectivity index (χ4v) is 1.81. The number of aryl methyl sites for hydroxylation is 1. The van der Waals surface area contributed by atoms with Gasteiger partial charge in [-0.3, -0.25) is 0 Å². The molecular weight excluding hydrogens is 274 g/mol. The minimum Gasteiger partial charge on any atom is -0.306 e. The third-order valence-electron chi connectivity index (χ3n) is 2.62. The Bertz CT molecular complexity index is 641. The topological polar surface area (TPSA) is 53.5 Å². The number of benzene rings is 2. The van der Waals surface area contributed by atoms with Crippen LogP contribution in [0.4, 0.5) is 10.5 Å². The van der Waals surface area contributed by atoms with Crippen LogP contribution in [0.25, 0.3) is 0 Å². The summed E-state index contributed by atoms with van der Waals surface area (Å²) in [5.74, 6) is 0. The van der Waals surface area contributed by atoms with Crippen molar-refractivity contribution in [2.24, 2.45) is 5.10 Å². The normalized spacial score (nSPS) is 10.5. The summed E-state index contributed by atoms with van der Waals surface area (Å²) in [6.07, 6.45) is 1.53. The molecule has 2 amide bonds. The van der Waals surface area contributed by atoms with Gasteiger partial charge in [0.05, 0.1) is 6.21 Å². The average Bonchev–Trinajstić information content (AvgIpc) is 2.41. The van der Waals surface area contributed by atoms with Crippen molar-refractivity contribution in [3.8, 4) is 0 Å². The van der Waals surface area contributed by atoms with Crippen LogP contribution in [0.1, 0.15) is 11.1 Å². The maximum atomic E-state index is 11.7. The van der Waals surface area contributed by atoms with Crippen molar-refractivity contribution in [3.63, 3.8) is 0 Å². The Morgan fingerprint density at radius 3 is 2.75 bits per heavy atom. The van der Waals surface area contributed by atoms with E-state index in [2.05, 4.69) is 15.8 Å². The molecule has 0 aromatic heterocycles. The molecule has 2 aromatic rings. The number of hydrogen-bond donors (Lipinski definition) is 2. The third-order valence-corrected chi connectivity index (χ3v) is 2.86. The van der Waals surface area contributed by atoms with E-state index in [1.807, 2.05) is 43.3 Å². The Labute approximate surface area is 122 Å². The molecule has 0 aliphatic carbocycles. The molecule has 2 N–H and O–H groups in total. The summed E-state index contributed by atoms with van der Waals surface area (Å²) in [6, 6.07) is 14.3. The van der Waals surface area contributed by atoms with Crippen molar-refractivity contribution in [3.05, 3.63) is 64.7 Å². The van der Waals surface area contributed by atoms with Gasteiger partial charge < -0.3 is 5.32 Å². The van der Waals surface area contributed by atoms with Gasteiger partial charge in [-0.1, -0.05) is 41.9 Å². The van der Waals surface area contributed by atoms with Crippen molar-refractivity contribution < 1.29 is 4.79 Å². The van der Waals surface area contributed by atoms with Crippen LogP contribution in [0.3, 0.4) is 0 Å². The van der Waals surface area contributed by atoms with Crippen LogP contribution in [-0.2, 0) is 0 Å². The lowest BCUT2D eigenvalue weighted by molar-refractivity contribution is 0.252. The summed E-state index contributed by atoms with van der Waals surface area (Å²) in [6.45, 7) is 1.92. The molecule has 0 fully saturated rings. The number of urea groups is 1. The van der Waals surface area contributed by atoms with Crippen molar-refractivity contribution >= 4 is 29.5 Å². The zero-order valence-corrected chi connectivity index (χ0v) is 11.7. The lowest BCUT2D eigenvalue weighted by atomic mass is 10.2. The number of halogens is 1. The third kappa shape index (κ3) is 4.10. The first-order valence-electron chi connectivity index (χ1n) is 6.06. The molecule has 0 aliphatic rings. The second kappa shape index (κ2) is 6.73. The molecule has 0 aliphatic heterocycles. The van der Waals surface area contributed by atoms with Crippen LogP contribution >= 0.6 is 11.6 Å². The number of amides is 2. The quantitative estimate of drug-likeness (QED) is 0.655. The van der Waals surface area contributed by atoms with E-state index in [0.29, 0.717) is 5.02 Å². The second-order valence-electron chi connectivity index (χ2n) is 4.19. The van der Waals surface area contributed by atoms with Crippen molar-refractivity contribution in [2.45, 2.75) is 6.92 Å². The molecule has 0 saturated carbocycles. The summed E-state index contributed by atoms with van der Waals surface area (Å²) in [7, 11) is 0. The lowest BCUT2D eigenvalue weighted by Crippen LogP contribution is -2.24. The molecule has 0 unspecified atom stereocenters. The number of nitrogens with one attached hydrogen (secondary N) is 2. The van der Waals surface area contributed by atoms with Crippen molar-refractivity contribution in [1.82, 2.24) is 5.43 Å². The highest BCUT2D eigenvalue weighted by Crippen LogP contribution is 2.12. The van der Waals surface area contributed by atoms with Gasteiger partial charge in [0, 0.05) is 10.7 Å². The van der Waals surface area contributed by atoms with Crippen molar-refractivity contribution in [2.75, 3.05) is 5.32 Å². The fraction of sp³-hybridized carbons (Fsp3) is 0.0667. The minimum atomic E-state index is -0.391. The van der Waals surface area contributed by atoms with Crippen molar-refractivity contribution in [1.29, 1.82) is 0 Å². The van der Waals surface area contributed by atoms with E-state index < -0.39 is 6.03 Å². The average molecular weight is 288 g/mol. The number of carbonyl (C=O) groups is 1. The smallest absolute Gasteiger partial charge is 0.306 e. The van der Waals surface area contributed by atoms with Crippen LogP contribution in [0, 0.1) is 6.92 Å². The first kappa shape index (κ1) is 14.1. The molecule has 0 heterocycles. The number of anilines is 1. The predicted octanol–water partition coefficient (Wildman–Crippen LogP) is 3.80. The van der Waals surface area contributed by atoms with Gasteiger partial charge in [-0.15, -0.1) is 0 Å². The molecule has 0 saturated heterocycles. The summed E-state index contributed by atoms with van der Waals surface area (Å²) in [5, 5.41) is 7.20. The van der Waals surface area contributed by atoms with Gasteiger partial charge in [0.15, 0.2) is 0 Å². The monoisotopic (exact) mass is 287 g/mol. The number of carbonyl (C=O) groups excluding carboxylic acids is 1. The molecule has 4 nitrogen and oxygen atoms in total. The first-order valence-corrected chi connectivity index (χ1v) is 6.44. The van der Waals surface area contributed by atoms with Crippen LogP contribution < -0.4 is 10.7 Å². The van der Waals surface area contributed by atoms with Gasteiger partial charge in [-0.25, -0.2) is 10.2 Å². The number of hydrazone groups is 1. The molecule has 0 bridgehead atoms. The first-order chi connectivity index (χ1) is 9.65. The Morgan fingerprint density at radius 1 is 1.20 bits per heavy atom. The summed E-state index contributed by atoms with van der Waals surface area (Å²) >= 11 is 5.85. The largest absolute Gasteiger partial charge is 0.339 e. The molecular formula is C15H14ClN3O. The Morgan fingerprint density at radius 2 is 2.00 bits per heavy atom. The Balaban J connectivity index is 1.91. The highest BCUT2D eigenvalue weighted by Gasteiger charge is 2.01. The molecule has 2 rings (SSSR count). The number of hydrogen-bond acceptors (Lipinski definition) is 2. The Hall–Kier alpha value is -2.33. The zero-order chi connectivity index (χ0) is 14.4. The molecule has 0 radical (unpaired) electrons. The van der Waals surface area contributed by atoms with E-state index in [0.717, 1.165) is 16.8 Å². The van der Waals surface area contributed by atoms with Crippen LogP contribution in [0.2, 0.25) is 5.02 Å². The standard InChI is InChI=1S/C15H14ClN3O/c1-11-5-2-3-8-14(11)18-15(20)19-17-10-12-6-4-7-13(16)9-12/h2-10H,1H3,(H2,18,19,20)/b17-10-. The van der Waals surface area contributed by atoms with Crippen LogP contribution in [0.5, 0.6) is 0 Å². The SMILES string of the molecule is Cc1ccccc1NC(=O)N/N=C\c1cccc(Cl)c1. The van der Waals surface area contributed by atoms with Crippen LogP contribution in [-0.4, -0.2) is 12.2 Å². The molecule has 102 valence electrons.